The molecule has 1 aliphatic rings. The molecule has 5 nitrogen and oxygen atoms in total. The van der Waals surface area contributed by atoms with Crippen LogP contribution in [0.5, 0.6) is 23.0 Å². The van der Waals surface area contributed by atoms with E-state index in [0.717, 1.165) is 0 Å². The number of carbonyl (C=O) groups is 1. The molecule has 0 bridgehead atoms. The summed E-state index contributed by atoms with van der Waals surface area (Å²) in [6.07, 6.45) is 0. The second kappa shape index (κ2) is 4.94. The minimum atomic E-state index is -1.09. The lowest BCUT2D eigenvalue weighted by Crippen LogP contribution is -1.99. The summed E-state index contributed by atoms with van der Waals surface area (Å²) in [5.41, 5.74) is 0.0343. The van der Waals surface area contributed by atoms with Gasteiger partial charge in [0.05, 0.1) is 0 Å². The molecule has 0 atom stereocenters. The molecule has 0 saturated carbocycles. The largest absolute Gasteiger partial charge is 0.478 e. The van der Waals surface area contributed by atoms with E-state index in [0.29, 0.717) is 22.3 Å². The highest BCUT2D eigenvalue weighted by Gasteiger charge is 2.16. The maximum Gasteiger partial charge on any atom is 0.339 e. The number of aromatic carboxylic acids is 1. The number of ether oxygens (including phenoxy) is 3. The molecule has 0 aliphatic carbocycles. The summed E-state index contributed by atoms with van der Waals surface area (Å²) in [7, 11) is 0. The summed E-state index contributed by atoms with van der Waals surface area (Å²) >= 11 is 5.86. The fraction of sp³-hybridized carbons (Fsp3) is 0.0714. The predicted molar refractivity (Wildman–Crippen MR) is 71.1 cm³/mol. The zero-order chi connectivity index (χ0) is 14.1. The van der Waals surface area contributed by atoms with Crippen molar-refractivity contribution in [1.82, 2.24) is 0 Å². The van der Waals surface area contributed by atoms with E-state index in [1.807, 2.05) is 0 Å². The van der Waals surface area contributed by atoms with Gasteiger partial charge in [-0.1, -0.05) is 11.6 Å². The van der Waals surface area contributed by atoms with Crippen LogP contribution in [0.4, 0.5) is 0 Å². The topological polar surface area (TPSA) is 65.0 Å². The Balaban J connectivity index is 1.95. The maximum atomic E-state index is 11.1. The predicted octanol–water partition coefficient (Wildman–Crippen LogP) is 3.56. The minimum absolute atomic E-state index is 0.0343. The summed E-state index contributed by atoms with van der Waals surface area (Å²) in [6, 6.07) is 9.34. The molecule has 1 heterocycles. The van der Waals surface area contributed by atoms with Gasteiger partial charge in [-0.15, -0.1) is 0 Å². The Morgan fingerprint density at radius 1 is 1.15 bits per heavy atom. The van der Waals surface area contributed by atoms with Crippen molar-refractivity contribution in [3.05, 3.63) is 47.0 Å². The normalized spacial score (nSPS) is 12.2. The van der Waals surface area contributed by atoms with Gasteiger partial charge in [0, 0.05) is 17.2 Å². The maximum absolute atomic E-state index is 11.1. The van der Waals surface area contributed by atoms with Crippen LogP contribution in [0.2, 0.25) is 5.02 Å². The first-order chi connectivity index (χ1) is 9.63. The van der Waals surface area contributed by atoms with E-state index < -0.39 is 5.97 Å². The highest BCUT2D eigenvalue weighted by atomic mass is 35.5. The zero-order valence-electron chi connectivity index (χ0n) is 10.1. The van der Waals surface area contributed by atoms with Gasteiger partial charge in [0.15, 0.2) is 11.5 Å². The van der Waals surface area contributed by atoms with Crippen LogP contribution in [0.25, 0.3) is 0 Å². The monoisotopic (exact) mass is 292 g/mol. The smallest absolute Gasteiger partial charge is 0.339 e. The Bertz CT molecular complexity index is 683. The summed E-state index contributed by atoms with van der Waals surface area (Å²) in [4.78, 5) is 11.1. The van der Waals surface area contributed by atoms with Crippen LogP contribution in [0.3, 0.4) is 0 Å². The highest BCUT2D eigenvalue weighted by molar-refractivity contribution is 6.30. The molecule has 0 unspecified atom stereocenters. The first-order valence-electron chi connectivity index (χ1n) is 5.74. The van der Waals surface area contributed by atoms with Crippen LogP contribution >= 0.6 is 11.6 Å². The van der Waals surface area contributed by atoms with Crippen LogP contribution in [-0.2, 0) is 0 Å². The molecule has 2 aromatic carbocycles. The summed E-state index contributed by atoms with van der Waals surface area (Å²) in [5, 5.41) is 9.52. The van der Waals surface area contributed by atoms with E-state index in [1.165, 1.54) is 18.2 Å². The Hall–Kier alpha value is -2.40. The van der Waals surface area contributed by atoms with Crippen molar-refractivity contribution >= 4 is 17.6 Å². The van der Waals surface area contributed by atoms with Crippen molar-refractivity contribution < 1.29 is 24.1 Å². The van der Waals surface area contributed by atoms with E-state index in [1.54, 1.807) is 18.2 Å². The molecule has 3 rings (SSSR count). The number of hydrogen-bond donors (Lipinski definition) is 1. The average molecular weight is 293 g/mol. The lowest BCUT2D eigenvalue weighted by atomic mass is 10.2. The molecule has 0 saturated heterocycles. The molecule has 1 N–H and O–H groups in total. The first-order valence-corrected chi connectivity index (χ1v) is 6.11. The number of rotatable bonds is 3. The summed E-state index contributed by atoms with van der Waals surface area (Å²) in [5.74, 6) is 0.712. The van der Waals surface area contributed by atoms with E-state index in [2.05, 4.69) is 0 Å². The van der Waals surface area contributed by atoms with E-state index in [4.69, 9.17) is 30.9 Å². The molecule has 102 valence electrons. The number of carboxylic acids is 1. The Labute approximate surface area is 119 Å². The third-order valence-electron chi connectivity index (χ3n) is 2.75. The van der Waals surface area contributed by atoms with E-state index in [-0.39, 0.29) is 18.1 Å². The minimum Gasteiger partial charge on any atom is -0.478 e. The van der Waals surface area contributed by atoms with Crippen molar-refractivity contribution in [1.29, 1.82) is 0 Å². The molecular formula is C14H9ClO5. The number of benzene rings is 2. The van der Waals surface area contributed by atoms with Crippen LogP contribution in [0.1, 0.15) is 10.4 Å². The first kappa shape index (κ1) is 12.6. The second-order valence-electron chi connectivity index (χ2n) is 4.06. The third kappa shape index (κ3) is 2.35. The molecule has 0 fully saturated rings. The van der Waals surface area contributed by atoms with Gasteiger partial charge >= 0.3 is 5.97 Å². The summed E-state index contributed by atoms with van der Waals surface area (Å²) < 4.78 is 16.0. The fourth-order valence-electron chi connectivity index (χ4n) is 1.82. The standard InChI is InChI=1S/C14H9ClO5/c15-8-1-3-10(14(16)17)12(5-8)20-9-2-4-11-13(6-9)19-7-18-11/h1-6H,7H2,(H,16,17). The average Bonchev–Trinajstić information content (AvgIpc) is 2.85. The molecule has 1 aliphatic heterocycles. The Morgan fingerprint density at radius 3 is 2.75 bits per heavy atom. The Kier molecular flexibility index (Phi) is 3.12. The van der Waals surface area contributed by atoms with Crippen LogP contribution in [-0.4, -0.2) is 17.9 Å². The molecule has 0 aromatic heterocycles. The van der Waals surface area contributed by atoms with Crippen LogP contribution in [0.15, 0.2) is 36.4 Å². The van der Waals surface area contributed by atoms with Crippen molar-refractivity contribution in [2.75, 3.05) is 6.79 Å². The third-order valence-corrected chi connectivity index (χ3v) is 2.98. The van der Waals surface area contributed by atoms with E-state index >= 15 is 0 Å². The van der Waals surface area contributed by atoms with Crippen molar-refractivity contribution in [3.8, 4) is 23.0 Å². The number of fused-ring (bicyclic) bond motifs is 1. The molecule has 0 spiro atoms. The number of carboxylic acid groups (broad SMARTS) is 1. The van der Waals surface area contributed by atoms with Gasteiger partial charge in [-0.3, -0.25) is 0 Å². The zero-order valence-corrected chi connectivity index (χ0v) is 10.9. The van der Waals surface area contributed by atoms with E-state index in [9.17, 15) is 4.79 Å². The molecule has 0 radical (unpaired) electrons. The van der Waals surface area contributed by atoms with Crippen molar-refractivity contribution in [2.45, 2.75) is 0 Å². The summed E-state index contributed by atoms with van der Waals surface area (Å²) in [6.45, 7) is 0.163. The quantitative estimate of drug-likeness (QED) is 0.937. The SMILES string of the molecule is O=C(O)c1ccc(Cl)cc1Oc1ccc2c(c1)OCO2. The van der Waals surface area contributed by atoms with Gasteiger partial charge in [0.2, 0.25) is 6.79 Å². The molecule has 20 heavy (non-hydrogen) atoms. The van der Waals surface area contributed by atoms with Crippen molar-refractivity contribution in [3.63, 3.8) is 0 Å². The van der Waals surface area contributed by atoms with Crippen LogP contribution in [0, 0.1) is 0 Å². The molecular weight excluding hydrogens is 284 g/mol. The van der Waals surface area contributed by atoms with Gasteiger partial charge in [-0.25, -0.2) is 4.79 Å². The number of halogens is 1. The lowest BCUT2D eigenvalue weighted by molar-refractivity contribution is 0.0694. The van der Waals surface area contributed by atoms with Gasteiger partial charge in [-0.2, -0.15) is 0 Å². The van der Waals surface area contributed by atoms with Gasteiger partial charge < -0.3 is 19.3 Å². The number of hydrogen-bond acceptors (Lipinski definition) is 4. The van der Waals surface area contributed by atoms with Gasteiger partial charge in [0.25, 0.3) is 0 Å². The molecule has 2 aromatic rings. The van der Waals surface area contributed by atoms with Gasteiger partial charge in [-0.05, 0) is 24.3 Å². The molecule has 6 heteroatoms. The second-order valence-corrected chi connectivity index (χ2v) is 4.50. The fourth-order valence-corrected chi connectivity index (χ4v) is 1.99. The van der Waals surface area contributed by atoms with Crippen molar-refractivity contribution in [2.24, 2.45) is 0 Å². The molecule has 0 amide bonds. The lowest BCUT2D eigenvalue weighted by Gasteiger charge is -2.09. The van der Waals surface area contributed by atoms with Gasteiger partial charge in [0.1, 0.15) is 17.1 Å². The van der Waals surface area contributed by atoms with Crippen LogP contribution < -0.4 is 14.2 Å². The highest BCUT2D eigenvalue weighted by Crippen LogP contribution is 2.37. The Morgan fingerprint density at radius 2 is 1.95 bits per heavy atom.